The minimum absolute atomic E-state index is 0.114. The lowest BCUT2D eigenvalue weighted by Crippen LogP contribution is -2.48. The van der Waals surface area contributed by atoms with E-state index in [1.807, 2.05) is 40.6 Å². The normalized spacial score (nSPS) is 19.9. The molecule has 146 valence electrons. The first-order chi connectivity index (χ1) is 13.5. The number of aromatic nitrogens is 2. The van der Waals surface area contributed by atoms with Crippen molar-refractivity contribution >= 4 is 39.2 Å². The van der Waals surface area contributed by atoms with Crippen LogP contribution in [0.3, 0.4) is 0 Å². The number of hydrogen-bond donors (Lipinski definition) is 1. The number of thiophene rings is 1. The van der Waals surface area contributed by atoms with Crippen LogP contribution in [0.15, 0.2) is 45.7 Å². The highest BCUT2D eigenvalue weighted by atomic mass is 32.2. The number of H-pyrrole nitrogens is 1. The van der Waals surface area contributed by atoms with Crippen LogP contribution in [0.5, 0.6) is 0 Å². The van der Waals surface area contributed by atoms with Crippen molar-refractivity contribution in [3.05, 3.63) is 46.1 Å². The molecule has 28 heavy (non-hydrogen) atoms. The van der Waals surface area contributed by atoms with Crippen LogP contribution in [0, 0.1) is 0 Å². The lowest BCUT2D eigenvalue weighted by atomic mass is 9.98. The van der Waals surface area contributed by atoms with Crippen molar-refractivity contribution in [2.75, 3.05) is 5.75 Å². The fraction of sp³-hybridized carbons (Fsp3) is 0.381. The predicted octanol–water partition coefficient (Wildman–Crippen LogP) is 4.53. The van der Waals surface area contributed by atoms with Crippen LogP contribution in [0.4, 0.5) is 0 Å². The average Bonchev–Trinajstić information content (AvgIpc) is 3.11. The summed E-state index contributed by atoms with van der Waals surface area (Å²) >= 11 is 2.77. The SMILES string of the molecule is C[C@@H]1CCC[C@@H](C)N1C(=O)CSc1nc2scc(-c3ccccc3)c2c(=O)[nH]1. The molecule has 0 saturated carbocycles. The van der Waals surface area contributed by atoms with E-state index in [1.54, 1.807) is 0 Å². The minimum atomic E-state index is -0.153. The smallest absolute Gasteiger partial charge is 0.260 e. The Balaban J connectivity index is 1.54. The summed E-state index contributed by atoms with van der Waals surface area (Å²) in [5.41, 5.74) is 1.75. The van der Waals surface area contributed by atoms with Crippen molar-refractivity contribution in [1.82, 2.24) is 14.9 Å². The molecular formula is C21H23N3O2S2. The van der Waals surface area contributed by atoms with E-state index in [-0.39, 0.29) is 23.6 Å². The molecular weight excluding hydrogens is 390 g/mol. The van der Waals surface area contributed by atoms with Crippen LogP contribution < -0.4 is 5.56 Å². The van der Waals surface area contributed by atoms with E-state index in [1.165, 1.54) is 29.5 Å². The maximum Gasteiger partial charge on any atom is 0.260 e. The number of carbonyl (C=O) groups is 1. The van der Waals surface area contributed by atoms with E-state index >= 15 is 0 Å². The molecule has 1 saturated heterocycles. The summed E-state index contributed by atoms with van der Waals surface area (Å²) < 4.78 is 0. The van der Waals surface area contributed by atoms with Gasteiger partial charge in [0, 0.05) is 23.0 Å². The van der Waals surface area contributed by atoms with Crippen molar-refractivity contribution in [3.63, 3.8) is 0 Å². The highest BCUT2D eigenvalue weighted by molar-refractivity contribution is 7.99. The molecule has 0 unspecified atom stereocenters. The van der Waals surface area contributed by atoms with Gasteiger partial charge in [-0.3, -0.25) is 9.59 Å². The first-order valence-corrected chi connectivity index (χ1v) is 11.4. The van der Waals surface area contributed by atoms with Crippen LogP contribution >= 0.6 is 23.1 Å². The summed E-state index contributed by atoms with van der Waals surface area (Å²) in [5, 5.41) is 3.09. The van der Waals surface area contributed by atoms with Gasteiger partial charge in [-0.15, -0.1) is 11.3 Å². The highest BCUT2D eigenvalue weighted by Gasteiger charge is 2.28. The number of nitrogens with zero attached hydrogens (tertiary/aromatic N) is 2. The van der Waals surface area contributed by atoms with Crippen molar-refractivity contribution in [2.45, 2.75) is 50.4 Å². The van der Waals surface area contributed by atoms with Gasteiger partial charge >= 0.3 is 0 Å². The molecule has 3 aromatic rings. The monoisotopic (exact) mass is 413 g/mol. The standard InChI is InChI=1S/C21H23N3O2S2/c1-13-7-6-8-14(2)24(13)17(25)12-28-21-22-19(26)18-16(11-27-20(18)23-21)15-9-4-3-5-10-15/h3-5,9-11,13-14H,6-8,12H2,1-2H3,(H,22,23,26)/t13-,14-/m1/s1. The van der Waals surface area contributed by atoms with Gasteiger partial charge < -0.3 is 9.88 Å². The van der Waals surface area contributed by atoms with E-state index in [4.69, 9.17) is 0 Å². The first kappa shape index (κ1) is 19.2. The number of benzene rings is 1. The van der Waals surface area contributed by atoms with E-state index in [0.717, 1.165) is 24.0 Å². The van der Waals surface area contributed by atoms with Crippen LogP contribution in [0.1, 0.15) is 33.1 Å². The van der Waals surface area contributed by atoms with E-state index in [9.17, 15) is 9.59 Å². The van der Waals surface area contributed by atoms with Crippen molar-refractivity contribution in [2.24, 2.45) is 0 Å². The average molecular weight is 414 g/mol. The van der Waals surface area contributed by atoms with Gasteiger partial charge in [0.1, 0.15) is 4.83 Å². The summed E-state index contributed by atoms with van der Waals surface area (Å²) in [6.07, 6.45) is 3.28. The molecule has 7 heteroatoms. The number of amides is 1. The van der Waals surface area contributed by atoms with Gasteiger partial charge in [-0.05, 0) is 38.7 Å². The summed E-state index contributed by atoms with van der Waals surface area (Å²) in [4.78, 5) is 35.6. The molecule has 1 amide bonds. The second kappa shape index (κ2) is 8.09. The number of nitrogens with one attached hydrogen (secondary N) is 1. The maximum atomic E-state index is 12.7. The second-order valence-electron chi connectivity index (χ2n) is 7.29. The molecule has 4 rings (SSSR count). The van der Waals surface area contributed by atoms with Gasteiger partial charge in [0.2, 0.25) is 5.91 Å². The molecule has 0 radical (unpaired) electrons. The van der Waals surface area contributed by atoms with E-state index in [0.29, 0.717) is 21.1 Å². The zero-order valence-electron chi connectivity index (χ0n) is 16.0. The number of piperidine rings is 1. The fourth-order valence-corrected chi connectivity index (χ4v) is 5.68. The van der Waals surface area contributed by atoms with Gasteiger partial charge in [0.25, 0.3) is 5.56 Å². The van der Waals surface area contributed by atoms with Gasteiger partial charge in [0.05, 0.1) is 11.1 Å². The lowest BCUT2D eigenvalue weighted by molar-refractivity contribution is -0.134. The summed E-state index contributed by atoms with van der Waals surface area (Å²) in [6.45, 7) is 4.22. The number of rotatable bonds is 4. The van der Waals surface area contributed by atoms with E-state index < -0.39 is 0 Å². The van der Waals surface area contributed by atoms with Gasteiger partial charge in [0.15, 0.2) is 5.16 Å². The van der Waals surface area contributed by atoms with Crippen LogP contribution in [0.25, 0.3) is 21.3 Å². The molecule has 2 aromatic heterocycles. The highest BCUT2D eigenvalue weighted by Crippen LogP contribution is 2.31. The maximum absolute atomic E-state index is 12.7. The van der Waals surface area contributed by atoms with Crippen LogP contribution in [0.2, 0.25) is 0 Å². The third kappa shape index (κ3) is 3.73. The molecule has 1 fully saturated rings. The Morgan fingerprint density at radius 3 is 2.68 bits per heavy atom. The van der Waals surface area contributed by atoms with Gasteiger partial charge in [-0.25, -0.2) is 4.98 Å². The number of carbonyl (C=O) groups excluding carboxylic acids is 1. The molecule has 1 aliphatic heterocycles. The lowest BCUT2D eigenvalue weighted by Gasteiger charge is -2.39. The number of likely N-dealkylation sites (tertiary alicyclic amines) is 1. The third-order valence-electron chi connectivity index (χ3n) is 5.32. The van der Waals surface area contributed by atoms with Crippen molar-refractivity contribution < 1.29 is 4.79 Å². The molecule has 0 bridgehead atoms. The summed E-state index contributed by atoms with van der Waals surface area (Å²) in [6, 6.07) is 10.4. The number of fused-ring (bicyclic) bond motifs is 1. The molecule has 0 aliphatic carbocycles. The van der Waals surface area contributed by atoms with Gasteiger partial charge in [-0.2, -0.15) is 0 Å². The Bertz CT molecular complexity index is 1030. The molecule has 1 aromatic carbocycles. The molecule has 5 nitrogen and oxygen atoms in total. The largest absolute Gasteiger partial charge is 0.337 e. The Labute approximate surface area is 172 Å². The zero-order valence-corrected chi connectivity index (χ0v) is 17.6. The summed E-state index contributed by atoms with van der Waals surface area (Å²) in [5.74, 6) is 0.406. The second-order valence-corrected chi connectivity index (χ2v) is 9.11. The topological polar surface area (TPSA) is 66.1 Å². The Hall–Kier alpha value is -2.12. The van der Waals surface area contributed by atoms with Crippen LogP contribution in [-0.4, -0.2) is 38.6 Å². The van der Waals surface area contributed by atoms with E-state index in [2.05, 4.69) is 23.8 Å². The Morgan fingerprint density at radius 2 is 1.96 bits per heavy atom. The van der Waals surface area contributed by atoms with Crippen molar-refractivity contribution in [1.29, 1.82) is 0 Å². The van der Waals surface area contributed by atoms with Gasteiger partial charge in [-0.1, -0.05) is 42.1 Å². The molecule has 2 atom stereocenters. The molecule has 3 heterocycles. The zero-order chi connectivity index (χ0) is 19.7. The molecule has 1 N–H and O–H groups in total. The number of hydrogen-bond acceptors (Lipinski definition) is 5. The Morgan fingerprint density at radius 1 is 1.25 bits per heavy atom. The summed E-state index contributed by atoms with van der Waals surface area (Å²) in [7, 11) is 0. The molecule has 0 spiro atoms. The van der Waals surface area contributed by atoms with Crippen molar-refractivity contribution in [3.8, 4) is 11.1 Å². The predicted molar refractivity (Wildman–Crippen MR) is 116 cm³/mol. The minimum Gasteiger partial charge on any atom is -0.337 e. The molecule has 1 aliphatic rings. The third-order valence-corrected chi connectivity index (χ3v) is 7.05. The number of aromatic amines is 1. The first-order valence-electron chi connectivity index (χ1n) is 9.55. The van der Waals surface area contributed by atoms with Crippen LogP contribution in [-0.2, 0) is 4.79 Å². The number of thioether (sulfide) groups is 1. The Kier molecular flexibility index (Phi) is 5.55. The quantitative estimate of drug-likeness (QED) is 0.504. The fourth-order valence-electron chi connectivity index (χ4n) is 3.95.